The monoisotopic (exact) mass is 601 g/mol. The van der Waals surface area contributed by atoms with E-state index < -0.39 is 27.8 Å². The molecule has 1 aliphatic rings. The van der Waals surface area contributed by atoms with Gasteiger partial charge in [-0.2, -0.15) is 13.2 Å². The van der Waals surface area contributed by atoms with Gasteiger partial charge in [0.15, 0.2) is 0 Å². The second-order valence-electron chi connectivity index (χ2n) is 10.2. The van der Waals surface area contributed by atoms with E-state index in [1.54, 1.807) is 31.2 Å². The molecule has 0 aliphatic heterocycles. The molecule has 0 spiro atoms. The number of carbonyl (C=O) groups excluding carboxylic acids is 2. The van der Waals surface area contributed by atoms with Gasteiger partial charge in [-0.3, -0.25) is 13.9 Å². The van der Waals surface area contributed by atoms with Crippen molar-refractivity contribution >= 4 is 39.1 Å². The molecule has 40 heavy (non-hydrogen) atoms. The second-order valence-corrected chi connectivity index (χ2v) is 12.5. The standard InChI is InChI=1S/C28H35ClF3N3O4S/c1-20(27(37)33-24-9-4-3-5-10-24)34(19-21-13-15-23(29)16-14-21)26(36)12-7-17-35(40(2,38)39)25-11-6-8-22(18-25)28(30,31)32/h6,8,11,13-16,18,20,24H,3-5,7,9-10,12,17,19H2,1-2H3,(H,33,37)/t20-/m1/s1. The molecule has 1 N–H and O–H groups in total. The van der Waals surface area contributed by atoms with E-state index in [-0.39, 0.29) is 49.5 Å². The van der Waals surface area contributed by atoms with Crippen molar-refractivity contribution in [3.63, 3.8) is 0 Å². The lowest BCUT2D eigenvalue weighted by Gasteiger charge is -2.31. The van der Waals surface area contributed by atoms with Crippen LogP contribution in [0.3, 0.4) is 0 Å². The fourth-order valence-corrected chi connectivity index (χ4v) is 5.86. The Labute approximate surface area is 238 Å². The normalized spacial score (nSPS) is 15.3. The summed E-state index contributed by atoms with van der Waals surface area (Å²) in [6.45, 7) is 1.58. The molecular formula is C28H35ClF3N3O4S. The van der Waals surface area contributed by atoms with Gasteiger partial charge in [0.05, 0.1) is 17.5 Å². The van der Waals surface area contributed by atoms with Crippen molar-refractivity contribution in [2.75, 3.05) is 17.1 Å². The number of nitrogens with one attached hydrogen (secondary N) is 1. The Morgan fingerprint density at radius 3 is 2.33 bits per heavy atom. The highest BCUT2D eigenvalue weighted by Gasteiger charge is 2.32. The third-order valence-electron chi connectivity index (χ3n) is 7.00. The van der Waals surface area contributed by atoms with Crippen molar-refractivity contribution in [1.82, 2.24) is 10.2 Å². The van der Waals surface area contributed by atoms with E-state index in [2.05, 4.69) is 5.32 Å². The van der Waals surface area contributed by atoms with E-state index in [1.165, 1.54) is 11.0 Å². The molecule has 0 saturated heterocycles. The average Bonchev–Trinajstić information content (AvgIpc) is 2.89. The zero-order valence-electron chi connectivity index (χ0n) is 22.6. The number of hydrogen-bond donors (Lipinski definition) is 1. The molecule has 1 aliphatic carbocycles. The number of hydrogen-bond acceptors (Lipinski definition) is 4. The van der Waals surface area contributed by atoms with Gasteiger partial charge in [-0.1, -0.05) is 49.1 Å². The van der Waals surface area contributed by atoms with Gasteiger partial charge in [0.25, 0.3) is 0 Å². The van der Waals surface area contributed by atoms with Crippen LogP contribution in [0.15, 0.2) is 48.5 Å². The van der Waals surface area contributed by atoms with E-state index >= 15 is 0 Å². The van der Waals surface area contributed by atoms with E-state index in [0.29, 0.717) is 5.02 Å². The molecule has 1 saturated carbocycles. The number of rotatable bonds is 11. The van der Waals surface area contributed by atoms with Crippen LogP contribution < -0.4 is 9.62 Å². The quantitative estimate of drug-likeness (QED) is 0.354. The predicted octanol–water partition coefficient (Wildman–Crippen LogP) is 5.77. The Morgan fingerprint density at radius 2 is 1.73 bits per heavy atom. The molecule has 0 heterocycles. The summed E-state index contributed by atoms with van der Waals surface area (Å²) in [4.78, 5) is 28.0. The van der Waals surface area contributed by atoms with Crippen LogP contribution in [0, 0.1) is 0 Å². The van der Waals surface area contributed by atoms with E-state index in [4.69, 9.17) is 11.6 Å². The zero-order valence-corrected chi connectivity index (χ0v) is 24.2. The van der Waals surface area contributed by atoms with Gasteiger partial charge in [-0.15, -0.1) is 0 Å². The fourth-order valence-electron chi connectivity index (χ4n) is 4.78. The molecule has 12 heteroatoms. The van der Waals surface area contributed by atoms with Crippen molar-refractivity contribution in [3.8, 4) is 0 Å². The third-order valence-corrected chi connectivity index (χ3v) is 8.44. The lowest BCUT2D eigenvalue weighted by molar-refractivity contribution is -0.141. The number of benzene rings is 2. The van der Waals surface area contributed by atoms with Crippen molar-refractivity contribution in [2.45, 2.75) is 76.7 Å². The maximum atomic E-state index is 13.4. The summed E-state index contributed by atoms with van der Waals surface area (Å²) in [5.41, 5.74) is -0.346. The molecule has 0 bridgehead atoms. The SMILES string of the molecule is C[C@H](C(=O)NC1CCCCC1)N(Cc1ccc(Cl)cc1)C(=O)CCCN(c1cccc(C(F)(F)F)c1)S(C)(=O)=O. The molecule has 2 aromatic rings. The summed E-state index contributed by atoms with van der Waals surface area (Å²) < 4.78 is 65.4. The summed E-state index contributed by atoms with van der Waals surface area (Å²) in [6, 6.07) is 10.2. The highest BCUT2D eigenvalue weighted by Crippen LogP contribution is 2.32. The number of carbonyl (C=O) groups is 2. The maximum absolute atomic E-state index is 13.4. The first-order chi connectivity index (χ1) is 18.8. The van der Waals surface area contributed by atoms with E-state index in [0.717, 1.165) is 66.4 Å². The number of amides is 2. The molecule has 7 nitrogen and oxygen atoms in total. The average molecular weight is 602 g/mol. The van der Waals surface area contributed by atoms with Gasteiger partial charge < -0.3 is 10.2 Å². The first-order valence-electron chi connectivity index (χ1n) is 13.2. The smallest absolute Gasteiger partial charge is 0.352 e. The Hall–Kier alpha value is -2.79. The van der Waals surface area contributed by atoms with Gasteiger partial charge >= 0.3 is 6.18 Å². The Bertz CT molecular complexity index is 1270. The van der Waals surface area contributed by atoms with Crippen LogP contribution in [0.2, 0.25) is 5.02 Å². The van der Waals surface area contributed by atoms with E-state index in [9.17, 15) is 31.2 Å². The summed E-state index contributed by atoms with van der Waals surface area (Å²) in [5, 5.41) is 3.58. The van der Waals surface area contributed by atoms with Crippen molar-refractivity contribution < 1.29 is 31.2 Å². The van der Waals surface area contributed by atoms with Crippen LogP contribution in [-0.4, -0.2) is 50.0 Å². The molecule has 2 amide bonds. The van der Waals surface area contributed by atoms with Gasteiger partial charge in [0, 0.05) is 30.6 Å². The number of nitrogens with zero attached hydrogens (tertiary/aromatic N) is 2. The van der Waals surface area contributed by atoms with Crippen LogP contribution >= 0.6 is 11.6 Å². The molecular weight excluding hydrogens is 567 g/mol. The number of alkyl halides is 3. The minimum atomic E-state index is -4.63. The van der Waals surface area contributed by atoms with E-state index in [1.807, 2.05) is 0 Å². The van der Waals surface area contributed by atoms with Crippen LogP contribution in [0.25, 0.3) is 0 Å². The Balaban J connectivity index is 1.74. The number of halogens is 4. The lowest BCUT2D eigenvalue weighted by Crippen LogP contribution is -2.50. The molecule has 0 unspecified atom stereocenters. The van der Waals surface area contributed by atoms with Gasteiger partial charge in [-0.05, 0) is 62.1 Å². The minimum absolute atomic E-state index is 0.0379. The topological polar surface area (TPSA) is 86.8 Å². The molecule has 2 aromatic carbocycles. The predicted molar refractivity (Wildman–Crippen MR) is 149 cm³/mol. The third kappa shape index (κ3) is 9.12. The highest BCUT2D eigenvalue weighted by molar-refractivity contribution is 7.92. The van der Waals surface area contributed by atoms with Gasteiger partial charge in [0.2, 0.25) is 21.8 Å². The minimum Gasteiger partial charge on any atom is -0.352 e. The fraction of sp³-hybridized carbons (Fsp3) is 0.500. The first kappa shape index (κ1) is 31.7. The molecule has 0 radical (unpaired) electrons. The van der Waals surface area contributed by atoms with Crippen LogP contribution in [0.1, 0.15) is 63.0 Å². The highest BCUT2D eigenvalue weighted by atomic mass is 35.5. The first-order valence-corrected chi connectivity index (χ1v) is 15.5. The lowest BCUT2D eigenvalue weighted by atomic mass is 9.95. The van der Waals surface area contributed by atoms with Gasteiger partial charge in [0.1, 0.15) is 6.04 Å². The van der Waals surface area contributed by atoms with Crippen molar-refractivity contribution in [2.24, 2.45) is 0 Å². The molecule has 220 valence electrons. The number of anilines is 1. The summed E-state index contributed by atoms with van der Waals surface area (Å²) >= 11 is 5.99. The maximum Gasteiger partial charge on any atom is 0.416 e. The zero-order chi connectivity index (χ0) is 29.5. The largest absolute Gasteiger partial charge is 0.416 e. The Morgan fingerprint density at radius 1 is 1.07 bits per heavy atom. The summed E-state index contributed by atoms with van der Waals surface area (Å²) in [5.74, 6) is -0.644. The summed E-state index contributed by atoms with van der Waals surface area (Å²) in [6.07, 6.45) is 1.18. The molecule has 1 fully saturated rings. The molecule has 1 atom stereocenters. The summed E-state index contributed by atoms with van der Waals surface area (Å²) in [7, 11) is -3.93. The van der Waals surface area contributed by atoms with Crippen LogP contribution in [0.5, 0.6) is 0 Å². The molecule has 0 aromatic heterocycles. The van der Waals surface area contributed by atoms with Crippen LogP contribution in [-0.2, 0) is 32.3 Å². The Kier molecular flexibility index (Phi) is 10.9. The van der Waals surface area contributed by atoms with Gasteiger partial charge in [-0.25, -0.2) is 8.42 Å². The van der Waals surface area contributed by atoms with Crippen LogP contribution in [0.4, 0.5) is 18.9 Å². The number of sulfonamides is 1. The van der Waals surface area contributed by atoms with Crippen molar-refractivity contribution in [1.29, 1.82) is 0 Å². The van der Waals surface area contributed by atoms with Crippen molar-refractivity contribution in [3.05, 3.63) is 64.7 Å². The molecule has 3 rings (SSSR count). The second kappa shape index (κ2) is 13.7.